The summed E-state index contributed by atoms with van der Waals surface area (Å²) < 4.78 is 5.06. The summed E-state index contributed by atoms with van der Waals surface area (Å²) in [7, 11) is 1.56. The van der Waals surface area contributed by atoms with E-state index in [1.54, 1.807) is 7.11 Å². The zero-order chi connectivity index (χ0) is 12.1. The van der Waals surface area contributed by atoms with Gasteiger partial charge in [-0.3, -0.25) is 0 Å². The van der Waals surface area contributed by atoms with E-state index < -0.39 is 0 Å². The Labute approximate surface area is 106 Å². The predicted molar refractivity (Wildman–Crippen MR) is 71.6 cm³/mol. The molecule has 0 bridgehead atoms. The second-order valence-electron chi connectivity index (χ2n) is 4.01. The Bertz CT molecular complexity index is 368. The lowest BCUT2D eigenvalue weighted by molar-refractivity contribution is 0.399. The summed E-state index contributed by atoms with van der Waals surface area (Å²) in [5, 5.41) is 3.94. The molecule has 2 heterocycles. The third-order valence-electron chi connectivity index (χ3n) is 2.81. The van der Waals surface area contributed by atoms with Crippen LogP contribution in [-0.2, 0) is 0 Å². The Morgan fingerprint density at radius 3 is 3.12 bits per heavy atom. The van der Waals surface area contributed by atoms with Gasteiger partial charge in [-0.15, -0.1) is 0 Å². The van der Waals surface area contributed by atoms with Crippen LogP contribution in [0.5, 0.6) is 5.88 Å². The second kappa shape index (κ2) is 5.95. The molecule has 1 aromatic heterocycles. The average molecular weight is 254 g/mol. The Hall–Kier alpha value is -1.17. The lowest BCUT2D eigenvalue weighted by Crippen LogP contribution is -2.21. The molecule has 1 saturated heterocycles. The van der Waals surface area contributed by atoms with E-state index in [9.17, 15) is 0 Å². The van der Waals surface area contributed by atoms with Crippen molar-refractivity contribution in [2.45, 2.75) is 24.5 Å². The standard InChI is InChI=1S/C11H18N4OS/c1-16-11-9(12)10(14-7-15-11)13-6-8-4-2-3-5-17-8/h7-8H,2-6,12H2,1H3,(H,13,14,15). The molecule has 0 aromatic carbocycles. The van der Waals surface area contributed by atoms with E-state index >= 15 is 0 Å². The number of anilines is 2. The number of methoxy groups -OCH3 is 1. The summed E-state index contributed by atoms with van der Waals surface area (Å²) in [5.41, 5.74) is 6.37. The van der Waals surface area contributed by atoms with Crippen LogP contribution in [0.2, 0.25) is 0 Å². The van der Waals surface area contributed by atoms with Gasteiger partial charge in [0, 0.05) is 11.8 Å². The molecule has 2 rings (SSSR count). The molecule has 5 nitrogen and oxygen atoms in total. The van der Waals surface area contributed by atoms with Gasteiger partial charge in [-0.2, -0.15) is 16.7 Å². The molecule has 1 unspecified atom stereocenters. The minimum absolute atomic E-state index is 0.429. The smallest absolute Gasteiger partial charge is 0.242 e. The largest absolute Gasteiger partial charge is 0.479 e. The molecule has 1 fully saturated rings. The van der Waals surface area contributed by atoms with Gasteiger partial charge >= 0.3 is 0 Å². The summed E-state index contributed by atoms with van der Waals surface area (Å²) in [5.74, 6) is 2.36. The van der Waals surface area contributed by atoms with Crippen LogP contribution in [0, 0.1) is 0 Å². The van der Waals surface area contributed by atoms with Crippen LogP contribution in [0.25, 0.3) is 0 Å². The van der Waals surface area contributed by atoms with Crippen molar-refractivity contribution in [1.29, 1.82) is 0 Å². The van der Waals surface area contributed by atoms with Crippen molar-refractivity contribution < 1.29 is 4.74 Å². The van der Waals surface area contributed by atoms with Crippen molar-refractivity contribution in [3.8, 4) is 5.88 Å². The fraction of sp³-hybridized carbons (Fsp3) is 0.636. The molecular weight excluding hydrogens is 236 g/mol. The first-order chi connectivity index (χ1) is 8.31. The van der Waals surface area contributed by atoms with E-state index in [4.69, 9.17) is 10.5 Å². The van der Waals surface area contributed by atoms with Gasteiger partial charge in [-0.25, -0.2) is 4.98 Å². The monoisotopic (exact) mass is 254 g/mol. The number of nitrogens with two attached hydrogens (primary N) is 1. The molecule has 0 amide bonds. The summed E-state index contributed by atoms with van der Waals surface area (Å²) in [6, 6.07) is 0. The van der Waals surface area contributed by atoms with Gasteiger partial charge in [0.25, 0.3) is 0 Å². The number of nitrogen functional groups attached to an aromatic ring is 1. The lowest BCUT2D eigenvalue weighted by atomic mass is 10.2. The number of rotatable bonds is 4. The zero-order valence-corrected chi connectivity index (χ0v) is 10.8. The molecule has 0 radical (unpaired) electrons. The van der Waals surface area contributed by atoms with Crippen molar-refractivity contribution >= 4 is 23.3 Å². The van der Waals surface area contributed by atoms with Gasteiger partial charge in [0.15, 0.2) is 5.82 Å². The maximum absolute atomic E-state index is 5.89. The van der Waals surface area contributed by atoms with Gasteiger partial charge in [-0.05, 0) is 18.6 Å². The number of hydrogen-bond acceptors (Lipinski definition) is 6. The van der Waals surface area contributed by atoms with Crippen LogP contribution < -0.4 is 15.8 Å². The molecule has 0 spiro atoms. The highest BCUT2D eigenvalue weighted by Gasteiger charge is 2.15. The van der Waals surface area contributed by atoms with Crippen LogP contribution in [-0.4, -0.2) is 34.6 Å². The topological polar surface area (TPSA) is 73.1 Å². The van der Waals surface area contributed by atoms with E-state index in [1.165, 1.54) is 31.3 Å². The number of ether oxygens (including phenoxy) is 1. The van der Waals surface area contributed by atoms with Crippen molar-refractivity contribution in [3.05, 3.63) is 6.33 Å². The summed E-state index contributed by atoms with van der Waals surface area (Å²) in [6.07, 6.45) is 5.39. The van der Waals surface area contributed by atoms with Crippen molar-refractivity contribution in [3.63, 3.8) is 0 Å². The molecule has 94 valence electrons. The van der Waals surface area contributed by atoms with Crippen molar-refractivity contribution in [1.82, 2.24) is 9.97 Å². The van der Waals surface area contributed by atoms with Gasteiger partial charge < -0.3 is 15.8 Å². The number of nitrogens with zero attached hydrogens (tertiary/aromatic N) is 2. The van der Waals surface area contributed by atoms with E-state index in [2.05, 4.69) is 15.3 Å². The maximum atomic E-state index is 5.89. The van der Waals surface area contributed by atoms with Crippen molar-refractivity contribution in [2.75, 3.05) is 30.5 Å². The fourth-order valence-electron chi connectivity index (χ4n) is 1.86. The molecule has 1 aromatic rings. The third kappa shape index (κ3) is 3.15. The fourth-order valence-corrected chi connectivity index (χ4v) is 3.10. The van der Waals surface area contributed by atoms with Crippen LogP contribution in [0.3, 0.4) is 0 Å². The molecule has 17 heavy (non-hydrogen) atoms. The second-order valence-corrected chi connectivity index (χ2v) is 5.42. The van der Waals surface area contributed by atoms with E-state index in [0.717, 1.165) is 6.54 Å². The molecule has 6 heteroatoms. The Morgan fingerprint density at radius 2 is 2.41 bits per heavy atom. The number of hydrogen-bond donors (Lipinski definition) is 2. The first-order valence-corrected chi connectivity index (χ1v) is 6.86. The Kier molecular flexibility index (Phi) is 4.30. The first kappa shape index (κ1) is 12.3. The Morgan fingerprint density at radius 1 is 1.53 bits per heavy atom. The van der Waals surface area contributed by atoms with Crippen LogP contribution in [0.4, 0.5) is 11.5 Å². The molecule has 3 N–H and O–H groups in total. The minimum atomic E-state index is 0.429. The van der Waals surface area contributed by atoms with Crippen LogP contribution in [0.15, 0.2) is 6.33 Å². The molecular formula is C11H18N4OS. The quantitative estimate of drug-likeness (QED) is 0.853. The average Bonchev–Trinajstić information content (AvgIpc) is 2.39. The van der Waals surface area contributed by atoms with E-state index in [-0.39, 0.29) is 0 Å². The van der Waals surface area contributed by atoms with Crippen LogP contribution in [0.1, 0.15) is 19.3 Å². The minimum Gasteiger partial charge on any atom is -0.479 e. The zero-order valence-electron chi connectivity index (χ0n) is 9.98. The number of aromatic nitrogens is 2. The molecule has 0 saturated carbocycles. The normalized spacial score (nSPS) is 19.9. The summed E-state index contributed by atoms with van der Waals surface area (Å²) >= 11 is 2.02. The van der Waals surface area contributed by atoms with Crippen molar-refractivity contribution in [2.24, 2.45) is 0 Å². The van der Waals surface area contributed by atoms with Gasteiger partial charge in [0.2, 0.25) is 5.88 Å². The van der Waals surface area contributed by atoms with Gasteiger partial charge in [-0.1, -0.05) is 6.42 Å². The highest BCUT2D eigenvalue weighted by atomic mass is 32.2. The Balaban J connectivity index is 1.93. The molecule has 1 atom stereocenters. The summed E-state index contributed by atoms with van der Waals surface area (Å²) in [4.78, 5) is 8.08. The lowest BCUT2D eigenvalue weighted by Gasteiger charge is -2.22. The van der Waals surface area contributed by atoms with Gasteiger partial charge in [0.05, 0.1) is 7.11 Å². The SMILES string of the molecule is COc1ncnc(NCC2CCCCS2)c1N. The molecule has 1 aliphatic heterocycles. The van der Waals surface area contributed by atoms with E-state index in [1.807, 2.05) is 11.8 Å². The number of thioether (sulfide) groups is 1. The third-order valence-corrected chi connectivity index (χ3v) is 4.21. The van der Waals surface area contributed by atoms with Gasteiger partial charge in [0.1, 0.15) is 12.0 Å². The molecule has 0 aliphatic carbocycles. The first-order valence-electron chi connectivity index (χ1n) is 5.81. The molecule has 1 aliphatic rings. The maximum Gasteiger partial charge on any atom is 0.242 e. The predicted octanol–water partition coefficient (Wildman–Crippen LogP) is 1.76. The highest BCUT2D eigenvalue weighted by molar-refractivity contribution is 7.99. The summed E-state index contributed by atoms with van der Waals surface area (Å²) in [6.45, 7) is 0.898. The van der Waals surface area contributed by atoms with E-state index in [0.29, 0.717) is 22.6 Å². The van der Waals surface area contributed by atoms with Crippen LogP contribution >= 0.6 is 11.8 Å². The highest BCUT2D eigenvalue weighted by Crippen LogP contribution is 2.27. The number of nitrogens with one attached hydrogen (secondary N) is 1.